The Kier molecular flexibility index (Phi) is 1.94. The third kappa shape index (κ3) is 1.43. The normalized spacial score (nSPS) is 16.8. The van der Waals surface area contributed by atoms with Crippen molar-refractivity contribution in [2.45, 2.75) is 25.2 Å². The molecule has 0 atom stereocenters. The van der Waals surface area contributed by atoms with Crippen LogP contribution in [0.1, 0.15) is 25.6 Å². The van der Waals surface area contributed by atoms with Gasteiger partial charge >= 0.3 is 0 Å². The van der Waals surface area contributed by atoms with Gasteiger partial charge in [-0.25, -0.2) is 9.97 Å². The average molecular weight is 273 g/mol. The quantitative estimate of drug-likeness (QED) is 0.523. The van der Waals surface area contributed by atoms with Crippen LogP contribution < -0.4 is 0 Å². The minimum atomic E-state index is 0.200. The van der Waals surface area contributed by atoms with Gasteiger partial charge in [0.15, 0.2) is 0 Å². The first-order chi connectivity index (χ1) is 10.3. The van der Waals surface area contributed by atoms with Crippen LogP contribution >= 0.6 is 0 Å². The van der Waals surface area contributed by atoms with Crippen molar-refractivity contribution in [2.24, 2.45) is 0 Å². The van der Waals surface area contributed by atoms with E-state index in [1.165, 1.54) is 12.8 Å². The van der Waals surface area contributed by atoms with E-state index in [9.17, 15) is 0 Å². The van der Waals surface area contributed by atoms with Crippen molar-refractivity contribution in [3.05, 3.63) is 54.4 Å². The molecule has 1 saturated carbocycles. The summed E-state index contributed by atoms with van der Waals surface area (Å²) >= 11 is 0. The zero-order chi connectivity index (χ0) is 14.0. The molecule has 2 heterocycles. The molecule has 3 nitrogen and oxygen atoms in total. The molecular formula is C18H15N3. The highest BCUT2D eigenvalue weighted by Gasteiger charge is 2.43. The Morgan fingerprint density at radius 1 is 0.905 bits per heavy atom. The second-order valence-corrected chi connectivity index (χ2v) is 6.27. The molecule has 4 aromatic rings. The Bertz CT molecular complexity index is 1010. The van der Waals surface area contributed by atoms with Gasteiger partial charge in [0.2, 0.25) is 0 Å². The van der Waals surface area contributed by atoms with E-state index >= 15 is 0 Å². The van der Waals surface area contributed by atoms with Crippen LogP contribution in [-0.2, 0) is 5.41 Å². The minimum absolute atomic E-state index is 0.200. The molecule has 0 amide bonds. The Balaban J connectivity index is 2.09. The van der Waals surface area contributed by atoms with Crippen molar-refractivity contribution in [3.8, 4) is 0 Å². The van der Waals surface area contributed by atoms with Crippen LogP contribution in [0.3, 0.4) is 0 Å². The standard InChI is InChI=1S/C18H15N3/c1-18(10-11-18)17-20-13-7-3-2-6-12(13)16-19-14-8-4-5-9-15(14)21(16)17/h2-9H,10-11H2,1H3. The van der Waals surface area contributed by atoms with Crippen LogP contribution in [0.25, 0.3) is 27.6 Å². The summed E-state index contributed by atoms with van der Waals surface area (Å²) in [5, 5.41) is 1.13. The molecule has 1 aliphatic carbocycles. The second kappa shape index (κ2) is 3.61. The molecule has 5 rings (SSSR count). The van der Waals surface area contributed by atoms with E-state index in [4.69, 9.17) is 9.97 Å². The third-order valence-electron chi connectivity index (χ3n) is 4.68. The Labute approximate surface area is 122 Å². The summed E-state index contributed by atoms with van der Waals surface area (Å²) in [6.45, 7) is 2.30. The largest absolute Gasteiger partial charge is 0.279 e. The maximum absolute atomic E-state index is 4.98. The molecule has 0 bridgehead atoms. The summed E-state index contributed by atoms with van der Waals surface area (Å²) < 4.78 is 2.27. The fourth-order valence-electron chi connectivity index (χ4n) is 3.16. The zero-order valence-corrected chi connectivity index (χ0v) is 11.9. The Morgan fingerprint density at radius 2 is 1.62 bits per heavy atom. The van der Waals surface area contributed by atoms with Gasteiger partial charge in [0.25, 0.3) is 0 Å². The lowest BCUT2D eigenvalue weighted by Crippen LogP contribution is -2.11. The van der Waals surface area contributed by atoms with Crippen molar-refractivity contribution in [1.29, 1.82) is 0 Å². The van der Waals surface area contributed by atoms with Gasteiger partial charge in [-0.05, 0) is 37.1 Å². The molecule has 2 aromatic heterocycles. The molecule has 0 radical (unpaired) electrons. The van der Waals surface area contributed by atoms with Crippen LogP contribution in [0.4, 0.5) is 0 Å². The first-order valence-electron chi connectivity index (χ1n) is 7.43. The number of imidazole rings is 1. The predicted molar refractivity (Wildman–Crippen MR) is 84.6 cm³/mol. The lowest BCUT2D eigenvalue weighted by molar-refractivity contribution is 0.704. The lowest BCUT2D eigenvalue weighted by atomic mass is 10.1. The summed E-state index contributed by atoms with van der Waals surface area (Å²) in [6.07, 6.45) is 2.42. The number of hydrogen-bond acceptors (Lipinski definition) is 2. The van der Waals surface area contributed by atoms with Crippen molar-refractivity contribution in [3.63, 3.8) is 0 Å². The number of benzene rings is 2. The van der Waals surface area contributed by atoms with Gasteiger partial charge in [-0.1, -0.05) is 31.2 Å². The fraction of sp³-hybridized carbons (Fsp3) is 0.222. The topological polar surface area (TPSA) is 30.2 Å². The van der Waals surface area contributed by atoms with Gasteiger partial charge in [0.1, 0.15) is 11.5 Å². The first kappa shape index (κ1) is 11.3. The van der Waals surface area contributed by atoms with E-state index in [0.717, 1.165) is 33.4 Å². The van der Waals surface area contributed by atoms with Crippen LogP contribution in [0.15, 0.2) is 48.5 Å². The highest BCUT2D eigenvalue weighted by molar-refractivity contribution is 5.96. The smallest absolute Gasteiger partial charge is 0.148 e. The molecule has 0 saturated heterocycles. The summed E-state index contributed by atoms with van der Waals surface area (Å²) in [6, 6.07) is 16.6. The molecule has 0 spiro atoms. The zero-order valence-electron chi connectivity index (χ0n) is 11.9. The van der Waals surface area contributed by atoms with Crippen LogP contribution in [0, 0.1) is 0 Å². The van der Waals surface area contributed by atoms with Crippen molar-refractivity contribution >= 4 is 27.6 Å². The van der Waals surface area contributed by atoms with Gasteiger partial charge in [0, 0.05) is 10.8 Å². The van der Waals surface area contributed by atoms with E-state index in [0.29, 0.717) is 0 Å². The molecule has 0 unspecified atom stereocenters. The monoisotopic (exact) mass is 273 g/mol. The minimum Gasteiger partial charge on any atom is -0.279 e. The van der Waals surface area contributed by atoms with Crippen molar-refractivity contribution < 1.29 is 0 Å². The van der Waals surface area contributed by atoms with E-state index in [2.05, 4.69) is 47.7 Å². The molecule has 1 fully saturated rings. The number of fused-ring (bicyclic) bond motifs is 5. The molecule has 1 aliphatic rings. The van der Waals surface area contributed by atoms with E-state index in [1.807, 2.05) is 12.1 Å². The summed E-state index contributed by atoms with van der Waals surface area (Å²) in [5.41, 5.74) is 4.48. The number of aromatic nitrogens is 3. The molecular weight excluding hydrogens is 258 g/mol. The van der Waals surface area contributed by atoms with E-state index in [1.54, 1.807) is 0 Å². The van der Waals surface area contributed by atoms with E-state index < -0.39 is 0 Å². The van der Waals surface area contributed by atoms with Crippen LogP contribution in [0.5, 0.6) is 0 Å². The predicted octanol–water partition coefficient (Wildman–Crippen LogP) is 4.09. The fourth-order valence-corrected chi connectivity index (χ4v) is 3.16. The SMILES string of the molecule is CC1(c2nc3ccccc3c3nc4ccccc4n23)CC1. The van der Waals surface area contributed by atoms with Gasteiger partial charge in [-0.2, -0.15) is 0 Å². The average Bonchev–Trinajstić information content (AvgIpc) is 3.15. The van der Waals surface area contributed by atoms with Crippen molar-refractivity contribution in [1.82, 2.24) is 14.4 Å². The molecule has 102 valence electrons. The maximum Gasteiger partial charge on any atom is 0.148 e. The molecule has 2 aromatic carbocycles. The molecule has 3 heteroatoms. The molecule has 21 heavy (non-hydrogen) atoms. The summed E-state index contributed by atoms with van der Waals surface area (Å²) in [4.78, 5) is 9.85. The number of hydrogen-bond donors (Lipinski definition) is 0. The first-order valence-corrected chi connectivity index (χ1v) is 7.43. The van der Waals surface area contributed by atoms with Gasteiger partial charge in [0.05, 0.1) is 16.6 Å². The van der Waals surface area contributed by atoms with Gasteiger partial charge in [-0.3, -0.25) is 4.40 Å². The summed E-state index contributed by atoms with van der Waals surface area (Å²) in [5.74, 6) is 1.16. The highest BCUT2D eigenvalue weighted by Crippen LogP contribution is 2.47. The van der Waals surface area contributed by atoms with Crippen molar-refractivity contribution in [2.75, 3.05) is 0 Å². The molecule has 0 N–H and O–H groups in total. The van der Waals surface area contributed by atoms with Gasteiger partial charge < -0.3 is 0 Å². The second-order valence-electron chi connectivity index (χ2n) is 6.27. The number of para-hydroxylation sites is 3. The number of rotatable bonds is 1. The van der Waals surface area contributed by atoms with Crippen LogP contribution in [0.2, 0.25) is 0 Å². The maximum atomic E-state index is 4.98. The highest BCUT2D eigenvalue weighted by atomic mass is 15.1. The Morgan fingerprint density at radius 3 is 2.43 bits per heavy atom. The number of nitrogens with zero attached hydrogens (tertiary/aromatic N) is 3. The summed E-state index contributed by atoms with van der Waals surface area (Å²) in [7, 11) is 0. The van der Waals surface area contributed by atoms with Gasteiger partial charge in [-0.15, -0.1) is 0 Å². The lowest BCUT2D eigenvalue weighted by Gasteiger charge is -2.13. The Hall–Kier alpha value is -2.42. The third-order valence-corrected chi connectivity index (χ3v) is 4.68. The van der Waals surface area contributed by atoms with E-state index in [-0.39, 0.29) is 5.41 Å². The van der Waals surface area contributed by atoms with Crippen LogP contribution in [-0.4, -0.2) is 14.4 Å². The molecule has 0 aliphatic heterocycles.